The molecule has 32 heavy (non-hydrogen) atoms. The van der Waals surface area contributed by atoms with Crippen LogP contribution in [0, 0.1) is 0 Å². The number of carbonyl (C=O) groups is 2. The number of likely N-dealkylation sites (N-methyl/N-ethyl adjacent to an activating group) is 1. The summed E-state index contributed by atoms with van der Waals surface area (Å²) in [5, 5.41) is 3.36. The molecule has 0 radical (unpaired) electrons. The van der Waals surface area contributed by atoms with E-state index in [0.717, 1.165) is 5.56 Å². The number of benzene rings is 3. The number of anilines is 1. The van der Waals surface area contributed by atoms with Gasteiger partial charge in [0.2, 0.25) is 5.91 Å². The molecular weight excluding hydrogens is 428 g/mol. The van der Waals surface area contributed by atoms with E-state index in [-0.39, 0.29) is 11.8 Å². The Bertz CT molecular complexity index is 1160. The summed E-state index contributed by atoms with van der Waals surface area (Å²) in [5.74, 6) is 0.238. The molecule has 0 fully saturated rings. The maximum atomic E-state index is 13.6. The van der Waals surface area contributed by atoms with Crippen LogP contribution >= 0.6 is 11.6 Å². The number of rotatable bonds is 5. The largest absolute Gasteiger partial charge is 0.497 e. The summed E-state index contributed by atoms with van der Waals surface area (Å²) in [6.45, 7) is 0. The number of hydrogen-bond acceptors (Lipinski definition) is 4. The minimum Gasteiger partial charge on any atom is -0.497 e. The van der Waals surface area contributed by atoms with Crippen molar-refractivity contribution in [1.82, 2.24) is 4.90 Å². The van der Waals surface area contributed by atoms with E-state index in [4.69, 9.17) is 21.1 Å². The lowest BCUT2D eigenvalue weighted by atomic mass is 9.79. The maximum Gasteiger partial charge on any atom is 0.254 e. The predicted molar refractivity (Wildman–Crippen MR) is 124 cm³/mol. The van der Waals surface area contributed by atoms with Crippen LogP contribution in [0.1, 0.15) is 33.4 Å². The van der Waals surface area contributed by atoms with Gasteiger partial charge in [0.15, 0.2) is 0 Å². The van der Waals surface area contributed by atoms with E-state index >= 15 is 0 Å². The molecule has 0 saturated carbocycles. The Morgan fingerprint density at radius 1 is 1.00 bits per heavy atom. The van der Waals surface area contributed by atoms with Gasteiger partial charge in [-0.25, -0.2) is 0 Å². The second kappa shape index (κ2) is 8.93. The van der Waals surface area contributed by atoms with Crippen molar-refractivity contribution in [3.05, 3.63) is 88.4 Å². The first-order valence-corrected chi connectivity index (χ1v) is 10.5. The summed E-state index contributed by atoms with van der Waals surface area (Å²) in [6, 6.07) is 19.2. The molecule has 0 aromatic heterocycles. The zero-order valence-corrected chi connectivity index (χ0v) is 18.7. The van der Waals surface area contributed by atoms with Crippen molar-refractivity contribution in [1.29, 1.82) is 0 Å². The Morgan fingerprint density at radius 2 is 1.72 bits per heavy atom. The number of hydrogen-bond donors (Lipinski definition) is 1. The van der Waals surface area contributed by atoms with Gasteiger partial charge >= 0.3 is 0 Å². The van der Waals surface area contributed by atoms with Crippen molar-refractivity contribution >= 4 is 29.1 Å². The van der Waals surface area contributed by atoms with Gasteiger partial charge in [-0.1, -0.05) is 41.9 Å². The van der Waals surface area contributed by atoms with Crippen molar-refractivity contribution in [2.24, 2.45) is 0 Å². The summed E-state index contributed by atoms with van der Waals surface area (Å²) < 4.78 is 10.4. The monoisotopic (exact) mass is 450 g/mol. The first-order chi connectivity index (χ1) is 15.4. The van der Waals surface area contributed by atoms with Gasteiger partial charge in [-0.15, -0.1) is 0 Å². The average Bonchev–Trinajstić information content (AvgIpc) is 2.81. The highest BCUT2D eigenvalue weighted by atomic mass is 35.5. The number of amides is 2. The molecule has 0 aliphatic carbocycles. The van der Waals surface area contributed by atoms with Crippen LogP contribution in [0.25, 0.3) is 0 Å². The van der Waals surface area contributed by atoms with E-state index in [9.17, 15) is 9.59 Å². The Kier molecular flexibility index (Phi) is 6.06. The highest BCUT2D eigenvalue weighted by Gasteiger charge is 2.42. The number of methoxy groups -OCH3 is 2. The zero-order valence-electron chi connectivity index (χ0n) is 18.0. The van der Waals surface area contributed by atoms with E-state index in [1.807, 2.05) is 36.4 Å². The third-order valence-electron chi connectivity index (χ3n) is 5.74. The van der Waals surface area contributed by atoms with Gasteiger partial charge in [0.25, 0.3) is 5.91 Å². The molecule has 0 spiro atoms. The van der Waals surface area contributed by atoms with Gasteiger partial charge in [0.1, 0.15) is 11.5 Å². The van der Waals surface area contributed by atoms with Gasteiger partial charge in [0.05, 0.1) is 31.2 Å². The molecule has 1 heterocycles. The SMILES string of the molecule is COc1ccc(C2C(C(=O)Nc3ccc(OC)c(Cl)c3)c3ccccc3C(=O)N2C)cc1. The van der Waals surface area contributed by atoms with Crippen LogP contribution in [-0.2, 0) is 4.79 Å². The maximum absolute atomic E-state index is 13.6. The lowest BCUT2D eigenvalue weighted by Crippen LogP contribution is -2.44. The first kappa shape index (κ1) is 21.7. The normalized spacial score (nSPS) is 17.5. The van der Waals surface area contributed by atoms with Gasteiger partial charge < -0.3 is 19.7 Å². The van der Waals surface area contributed by atoms with Crippen molar-refractivity contribution in [2.75, 3.05) is 26.6 Å². The molecule has 2 atom stereocenters. The minimum atomic E-state index is -0.622. The van der Waals surface area contributed by atoms with E-state index in [2.05, 4.69) is 5.32 Å². The molecule has 2 amide bonds. The highest BCUT2D eigenvalue weighted by molar-refractivity contribution is 6.32. The Balaban J connectivity index is 1.76. The summed E-state index contributed by atoms with van der Waals surface area (Å²) >= 11 is 6.23. The topological polar surface area (TPSA) is 67.9 Å². The number of carbonyl (C=O) groups excluding carboxylic acids is 2. The highest BCUT2D eigenvalue weighted by Crippen LogP contribution is 2.43. The smallest absolute Gasteiger partial charge is 0.254 e. The van der Waals surface area contributed by atoms with Crippen LogP contribution in [-0.4, -0.2) is 38.0 Å². The number of ether oxygens (including phenoxy) is 2. The molecule has 1 aliphatic heterocycles. The molecule has 0 bridgehead atoms. The number of nitrogens with one attached hydrogen (secondary N) is 1. The van der Waals surface area contributed by atoms with E-state index in [0.29, 0.717) is 33.3 Å². The van der Waals surface area contributed by atoms with Crippen molar-refractivity contribution in [3.63, 3.8) is 0 Å². The van der Waals surface area contributed by atoms with E-state index in [1.165, 1.54) is 7.11 Å². The molecule has 164 valence electrons. The molecule has 0 saturated heterocycles. The van der Waals surface area contributed by atoms with E-state index < -0.39 is 12.0 Å². The molecule has 2 unspecified atom stereocenters. The van der Waals surface area contributed by atoms with Crippen molar-refractivity contribution in [3.8, 4) is 11.5 Å². The Hall–Kier alpha value is -3.51. The van der Waals surface area contributed by atoms with Gasteiger partial charge in [0, 0.05) is 18.3 Å². The lowest BCUT2D eigenvalue weighted by Gasteiger charge is -2.39. The molecule has 7 heteroatoms. The Labute approximate surface area is 191 Å². The fourth-order valence-corrected chi connectivity index (χ4v) is 4.40. The average molecular weight is 451 g/mol. The van der Waals surface area contributed by atoms with Gasteiger partial charge in [-0.3, -0.25) is 9.59 Å². The number of fused-ring (bicyclic) bond motifs is 1. The molecule has 6 nitrogen and oxygen atoms in total. The number of halogens is 1. The summed E-state index contributed by atoms with van der Waals surface area (Å²) in [4.78, 5) is 28.3. The molecule has 4 rings (SSSR count). The van der Waals surface area contributed by atoms with Crippen LogP contribution in [0.3, 0.4) is 0 Å². The van der Waals surface area contributed by atoms with Crippen LogP contribution in [0.2, 0.25) is 5.02 Å². The first-order valence-electron chi connectivity index (χ1n) is 10.1. The van der Waals surface area contributed by atoms with E-state index in [1.54, 1.807) is 49.4 Å². The van der Waals surface area contributed by atoms with Crippen molar-refractivity contribution < 1.29 is 19.1 Å². The van der Waals surface area contributed by atoms with Crippen LogP contribution < -0.4 is 14.8 Å². The molecule has 3 aromatic carbocycles. The standard InChI is InChI=1S/C25H23ClN2O4/c1-28-23(15-8-11-17(31-2)12-9-15)22(18-6-4-5-7-19(18)25(28)30)24(29)27-16-10-13-21(32-3)20(26)14-16/h4-14,22-23H,1-3H3,(H,27,29). The third-order valence-corrected chi connectivity index (χ3v) is 6.03. The predicted octanol–water partition coefficient (Wildman–Crippen LogP) is 4.91. The second-order valence-corrected chi connectivity index (χ2v) is 7.94. The summed E-state index contributed by atoms with van der Waals surface area (Å²) in [7, 11) is 4.85. The molecule has 1 N–H and O–H groups in total. The third kappa shape index (κ3) is 3.89. The number of nitrogens with zero attached hydrogens (tertiary/aromatic N) is 1. The van der Waals surface area contributed by atoms with Crippen molar-refractivity contribution in [2.45, 2.75) is 12.0 Å². The summed E-state index contributed by atoms with van der Waals surface area (Å²) in [6.07, 6.45) is 0. The second-order valence-electron chi connectivity index (χ2n) is 7.54. The van der Waals surface area contributed by atoms with Gasteiger partial charge in [-0.05, 0) is 47.5 Å². The van der Waals surface area contributed by atoms with Gasteiger partial charge in [-0.2, -0.15) is 0 Å². The summed E-state index contributed by atoms with van der Waals surface area (Å²) in [5.41, 5.74) is 2.59. The minimum absolute atomic E-state index is 0.127. The van der Waals surface area contributed by atoms with Crippen LogP contribution in [0.15, 0.2) is 66.7 Å². The lowest BCUT2D eigenvalue weighted by molar-refractivity contribution is -0.119. The fourth-order valence-electron chi connectivity index (χ4n) is 4.14. The van der Waals surface area contributed by atoms with Crippen LogP contribution in [0.4, 0.5) is 5.69 Å². The zero-order chi connectivity index (χ0) is 22.8. The molecule has 1 aliphatic rings. The molecular formula is C25H23ClN2O4. The molecule has 3 aromatic rings. The van der Waals surface area contributed by atoms with Crippen LogP contribution in [0.5, 0.6) is 11.5 Å². The Morgan fingerprint density at radius 3 is 2.38 bits per heavy atom. The fraction of sp³-hybridized carbons (Fsp3) is 0.200. The quantitative estimate of drug-likeness (QED) is 0.600.